The topological polar surface area (TPSA) is 152 Å². The lowest BCUT2D eigenvalue weighted by molar-refractivity contribution is 0.0512. The molecule has 0 unspecified atom stereocenters. The van der Waals surface area contributed by atoms with Gasteiger partial charge in [-0.15, -0.1) is 0 Å². The summed E-state index contributed by atoms with van der Waals surface area (Å²) >= 11 is 5.07. The normalized spacial score (nSPS) is 13.7. The molecule has 2 aromatic rings. The van der Waals surface area contributed by atoms with Crippen molar-refractivity contribution in [2.24, 2.45) is 4.99 Å². The van der Waals surface area contributed by atoms with E-state index in [2.05, 4.69) is 20.9 Å². The highest BCUT2D eigenvalue weighted by atomic mass is 32.1. The van der Waals surface area contributed by atoms with Crippen molar-refractivity contribution < 1.29 is 33.7 Å². The summed E-state index contributed by atoms with van der Waals surface area (Å²) in [6.45, 7) is 12.2. The van der Waals surface area contributed by atoms with E-state index in [1.807, 2.05) is 50.5 Å². The van der Waals surface area contributed by atoms with Crippen molar-refractivity contribution in [3.63, 3.8) is 0 Å². The van der Waals surface area contributed by atoms with Crippen LogP contribution in [0.3, 0.4) is 0 Å². The number of hydroxylamine groups is 1. The number of carbonyl (C=O) groups excluding carboxylic acids is 2. The third-order valence-corrected chi connectivity index (χ3v) is 5.34. The standard InChI is InChI=1S/C14H19N3O4.C14H18N2O3S/c1-14(2,3)21-13(18)15-7-9-4-5-11-10(6-9)16-12(17-19)8-20-11;1-14(2,3)19-13(17)15-7-9-4-5-11-10(6-9)16-12(20)8-18-11/h4-6,19H,7-8H2,1-3H3,(H,15,18)(H,16,17);4-6H,7-8H2,1-3H3,(H,15,17)(H,16,20). The summed E-state index contributed by atoms with van der Waals surface area (Å²) in [6.07, 6.45) is -0.910. The van der Waals surface area contributed by atoms with Crippen molar-refractivity contribution in [2.45, 2.75) is 65.8 Å². The Hall–Kier alpha value is -4.10. The molecule has 2 aliphatic heterocycles. The van der Waals surface area contributed by atoms with Gasteiger partial charge < -0.3 is 34.9 Å². The zero-order valence-corrected chi connectivity index (χ0v) is 24.9. The van der Waals surface area contributed by atoms with Gasteiger partial charge in [0.05, 0.1) is 5.69 Å². The first kappa shape index (κ1) is 31.4. The number of hydrogen-bond acceptors (Lipinski definition) is 10. The molecule has 0 bridgehead atoms. The summed E-state index contributed by atoms with van der Waals surface area (Å²) in [7, 11) is 0. The van der Waals surface area contributed by atoms with Gasteiger partial charge in [-0.3, -0.25) is 10.7 Å². The molecule has 222 valence electrons. The Morgan fingerprint density at radius 2 is 1.44 bits per heavy atom. The predicted molar refractivity (Wildman–Crippen MR) is 158 cm³/mol. The summed E-state index contributed by atoms with van der Waals surface area (Å²) in [5.41, 5.74) is 4.16. The van der Waals surface area contributed by atoms with Crippen molar-refractivity contribution >= 4 is 46.6 Å². The van der Waals surface area contributed by atoms with Crippen LogP contribution in [0.25, 0.3) is 0 Å². The number of alkyl carbamates (subject to hydrolysis) is 2. The van der Waals surface area contributed by atoms with Gasteiger partial charge >= 0.3 is 12.2 Å². The fourth-order valence-electron chi connectivity index (χ4n) is 3.48. The van der Waals surface area contributed by atoms with E-state index in [9.17, 15) is 9.59 Å². The number of nitrogens with zero attached hydrogens (tertiary/aromatic N) is 1. The Balaban J connectivity index is 0.000000226. The number of fused-ring (bicyclic) bond motifs is 2. The van der Waals surface area contributed by atoms with Gasteiger partial charge in [-0.25, -0.2) is 14.6 Å². The van der Waals surface area contributed by atoms with Crippen molar-refractivity contribution in [3.8, 4) is 11.5 Å². The summed E-state index contributed by atoms with van der Waals surface area (Å²) in [6, 6.07) is 11.0. The van der Waals surface area contributed by atoms with Gasteiger partial charge in [-0.1, -0.05) is 24.4 Å². The monoisotopic (exact) mass is 587 g/mol. The zero-order chi connectivity index (χ0) is 30.2. The van der Waals surface area contributed by atoms with Gasteiger partial charge in [0.2, 0.25) is 0 Å². The highest BCUT2D eigenvalue weighted by molar-refractivity contribution is 7.80. The number of rotatable bonds is 4. The third kappa shape index (κ3) is 10.8. The molecule has 12 nitrogen and oxygen atoms in total. The fraction of sp³-hybridized carbons (Fsp3) is 0.429. The van der Waals surface area contributed by atoms with E-state index in [1.165, 1.54) is 0 Å². The molecule has 0 saturated carbocycles. The minimum absolute atomic E-state index is 0.193. The molecule has 2 amide bonds. The number of aliphatic imine (C=N–C) groups is 1. The van der Waals surface area contributed by atoms with E-state index < -0.39 is 23.4 Å². The SMILES string of the molecule is CC(C)(C)OC(=O)NCc1ccc2c(c1)N=C(NO)CO2.CC(C)(C)OC(=O)NCc1ccc2c(c1)NC(=S)CO2. The van der Waals surface area contributed by atoms with Crippen LogP contribution in [-0.4, -0.2) is 52.6 Å². The number of anilines is 1. The molecule has 0 fully saturated rings. The smallest absolute Gasteiger partial charge is 0.407 e. The largest absolute Gasteiger partial charge is 0.484 e. The number of carbonyl (C=O) groups is 2. The maximum absolute atomic E-state index is 11.6. The molecular formula is C28H37N5O7S. The molecule has 0 radical (unpaired) electrons. The molecule has 5 N–H and O–H groups in total. The second-order valence-corrected chi connectivity index (χ2v) is 11.6. The second-order valence-electron chi connectivity index (χ2n) is 11.1. The predicted octanol–water partition coefficient (Wildman–Crippen LogP) is 4.96. The van der Waals surface area contributed by atoms with Crippen molar-refractivity contribution in [1.82, 2.24) is 16.1 Å². The molecule has 13 heteroatoms. The van der Waals surface area contributed by atoms with Crippen molar-refractivity contribution in [3.05, 3.63) is 47.5 Å². The Morgan fingerprint density at radius 3 is 2.00 bits per heavy atom. The minimum atomic E-state index is -0.528. The van der Waals surface area contributed by atoms with Crippen LogP contribution < -0.4 is 30.9 Å². The van der Waals surface area contributed by atoms with E-state index in [-0.39, 0.29) is 6.61 Å². The van der Waals surface area contributed by atoms with Crippen LogP contribution >= 0.6 is 12.2 Å². The van der Waals surface area contributed by atoms with Crippen LogP contribution in [0, 0.1) is 0 Å². The lowest BCUT2D eigenvalue weighted by Crippen LogP contribution is -2.32. The Kier molecular flexibility index (Phi) is 10.4. The quantitative estimate of drug-likeness (QED) is 0.245. The highest BCUT2D eigenvalue weighted by Crippen LogP contribution is 2.31. The minimum Gasteiger partial charge on any atom is -0.484 e. The number of ether oxygens (including phenoxy) is 4. The maximum atomic E-state index is 11.6. The van der Waals surface area contributed by atoms with Crippen molar-refractivity contribution in [1.29, 1.82) is 0 Å². The third-order valence-electron chi connectivity index (χ3n) is 5.12. The maximum Gasteiger partial charge on any atom is 0.407 e. The average molecular weight is 588 g/mol. The van der Waals surface area contributed by atoms with E-state index in [4.69, 9.17) is 36.4 Å². The highest BCUT2D eigenvalue weighted by Gasteiger charge is 2.18. The van der Waals surface area contributed by atoms with Crippen molar-refractivity contribution in [2.75, 3.05) is 18.5 Å². The average Bonchev–Trinajstić information content (AvgIpc) is 2.88. The first-order valence-corrected chi connectivity index (χ1v) is 13.3. The number of amides is 2. The van der Waals surface area contributed by atoms with E-state index in [0.717, 1.165) is 22.6 Å². The molecule has 2 heterocycles. The van der Waals surface area contributed by atoms with Gasteiger partial charge in [0, 0.05) is 13.1 Å². The molecule has 0 saturated heterocycles. The van der Waals surface area contributed by atoms with Gasteiger partial charge in [0.15, 0.2) is 5.84 Å². The number of thiocarbonyl (C=S) groups is 1. The summed E-state index contributed by atoms with van der Waals surface area (Å²) in [5, 5.41) is 17.3. The molecule has 0 aromatic heterocycles. The Labute approximate surface area is 244 Å². The first-order chi connectivity index (χ1) is 19.2. The lowest BCUT2D eigenvalue weighted by Gasteiger charge is -2.21. The number of nitrogens with one attached hydrogen (secondary N) is 4. The van der Waals surface area contributed by atoms with Gasteiger partial charge in [0.25, 0.3) is 0 Å². The van der Waals surface area contributed by atoms with Crippen LogP contribution in [0.4, 0.5) is 21.0 Å². The van der Waals surface area contributed by atoms with Gasteiger partial charge in [0.1, 0.15) is 46.6 Å². The van der Waals surface area contributed by atoms with E-state index in [1.54, 1.807) is 32.9 Å². The summed E-state index contributed by atoms with van der Waals surface area (Å²) < 4.78 is 21.2. The molecule has 0 atom stereocenters. The Bertz CT molecular complexity index is 1300. The zero-order valence-electron chi connectivity index (χ0n) is 24.0. The summed E-state index contributed by atoms with van der Waals surface area (Å²) in [5.74, 6) is 1.73. The lowest BCUT2D eigenvalue weighted by atomic mass is 10.1. The molecule has 2 aromatic carbocycles. The van der Waals surface area contributed by atoms with Crippen LogP contribution in [0.2, 0.25) is 0 Å². The molecule has 0 aliphatic carbocycles. The van der Waals surface area contributed by atoms with Crippen LogP contribution in [0.15, 0.2) is 41.4 Å². The first-order valence-electron chi connectivity index (χ1n) is 12.9. The number of benzene rings is 2. The Morgan fingerprint density at radius 1 is 0.902 bits per heavy atom. The van der Waals surface area contributed by atoms with E-state index >= 15 is 0 Å². The van der Waals surface area contributed by atoms with Gasteiger partial charge in [-0.05, 0) is 76.9 Å². The summed E-state index contributed by atoms with van der Waals surface area (Å²) in [4.78, 5) is 28.0. The molecular weight excluding hydrogens is 550 g/mol. The second kappa shape index (κ2) is 13.5. The van der Waals surface area contributed by atoms with Crippen LogP contribution in [0.1, 0.15) is 52.7 Å². The number of hydrogen-bond donors (Lipinski definition) is 5. The molecule has 4 rings (SSSR count). The van der Waals surface area contributed by atoms with E-state index in [0.29, 0.717) is 42.0 Å². The molecule has 2 aliphatic rings. The molecule has 41 heavy (non-hydrogen) atoms. The fourth-order valence-corrected chi connectivity index (χ4v) is 3.65. The molecule has 0 spiro atoms. The van der Waals surface area contributed by atoms with Crippen LogP contribution in [-0.2, 0) is 22.6 Å². The van der Waals surface area contributed by atoms with Crippen LogP contribution in [0.5, 0.6) is 11.5 Å². The van der Waals surface area contributed by atoms with Gasteiger partial charge in [-0.2, -0.15) is 0 Å². The number of amidine groups is 1.